The van der Waals surface area contributed by atoms with Crippen molar-refractivity contribution < 1.29 is 4.74 Å². The van der Waals surface area contributed by atoms with Crippen molar-refractivity contribution in [2.24, 2.45) is 5.92 Å². The lowest BCUT2D eigenvalue weighted by atomic mass is 9.82. The normalized spacial score (nSPS) is 24.0. The number of nitrogens with two attached hydrogens (primary N) is 1. The highest BCUT2D eigenvalue weighted by Gasteiger charge is 2.35. The maximum absolute atomic E-state index is 6.42. The Morgan fingerprint density at radius 3 is 2.54 bits per heavy atom. The monoisotopic (exact) mass is 386 g/mol. The topological polar surface area (TPSA) is 53.8 Å². The molecule has 3 fully saturated rings. The van der Waals surface area contributed by atoms with Crippen LogP contribution in [0.3, 0.4) is 0 Å². The van der Waals surface area contributed by atoms with Gasteiger partial charge in [-0.3, -0.25) is 0 Å². The number of ether oxygens (including phenoxy) is 1. The van der Waals surface area contributed by atoms with Gasteiger partial charge in [0.2, 0.25) is 0 Å². The standard InChI is InChI=1S/C23H38N4O/c1-19-6-13-27(14-7-19)22-18-20(4-5-21(22)24)23(8-16-28-17-9-23)25-10-15-26-11-2-3-12-26/h4-5,18-19,25H,2-3,6-17,24H2,1H3. The number of rotatable bonds is 6. The number of likely N-dealkylation sites (tertiary alicyclic amines) is 1. The molecule has 156 valence electrons. The van der Waals surface area contributed by atoms with E-state index in [1.807, 2.05) is 0 Å². The number of nitrogens with zero attached hydrogens (tertiary/aromatic N) is 2. The Hall–Kier alpha value is -1.30. The molecule has 3 heterocycles. The molecule has 5 nitrogen and oxygen atoms in total. The van der Waals surface area contributed by atoms with Gasteiger partial charge in [0.25, 0.3) is 0 Å². The largest absolute Gasteiger partial charge is 0.397 e. The first-order chi connectivity index (χ1) is 13.7. The van der Waals surface area contributed by atoms with E-state index < -0.39 is 0 Å². The third kappa shape index (κ3) is 4.47. The SMILES string of the molecule is CC1CCN(c2cc(C3(NCCN4CCCC4)CCOCC3)ccc2N)CC1. The van der Waals surface area contributed by atoms with Crippen molar-refractivity contribution in [3.63, 3.8) is 0 Å². The molecule has 0 radical (unpaired) electrons. The molecular formula is C23H38N4O. The molecule has 3 aliphatic rings. The summed E-state index contributed by atoms with van der Waals surface area (Å²) in [5.41, 5.74) is 9.97. The average Bonchev–Trinajstić information content (AvgIpc) is 3.23. The molecule has 0 aromatic heterocycles. The number of hydrogen-bond donors (Lipinski definition) is 2. The summed E-state index contributed by atoms with van der Waals surface area (Å²) in [6.45, 7) is 11.0. The van der Waals surface area contributed by atoms with Gasteiger partial charge in [0.1, 0.15) is 0 Å². The minimum Gasteiger partial charge on any atom is -0.397 e. The molecule has 0 amide bonds. The lowest BCUT2D eigenvalue weighted by molar-refractivity contribution is 0.0358. The van der Waals surface area contributed by atoms with E-state index in [-0.39, 0.29) is 5.54 Å². The van der Waals surface area contributed by atoms with Crippen LogP contribution in [0.2, 0.25) is 0 Å². The molecule has 28 heavy (non-hydrogen) atoms. The number of benzene rings is 1. The van der Waals surface area contributed by atoms with Gasteiger partial charge in [0.15, 0.2) is 0 Å². The van der Waals surface area contributed by atoms with E-state index in [1.54, 1.807) is 0 Å². The smallest absolute Gasteiger partial charge is 0.0603 e. The summed E-state index contributed by atoms with van der Waals surface area (Å²) in [5, 5.41) is 3.95. The molecule has 0 bridgehead atoms. The Bertz CT molecular complexity index is 629. The second kappa shape index (κ2) is 9.02. The number of piperidine rings is 1. The zero-order chi connectivity index (χ0) is 19.4. The molecular weight excluding hydrogens is 348 g/mol. The van der Waals surface area contributed by atoms with Gasteiger partial charge >= 0.3 is 0 Å². The van der Waals surface area contributed by atoms with Crippen LogP contribution in [0, 0.1) is 5.92 Å². The first-order valence-corrected chi connectivity index (χ1v) is 11.4. The summed E-state index contributed by atoms with van der Waals surface area (Å²) >= 11 is 0. The van der Waals surface area contributed by atoms with E-state index in [1.165, 1.54) is 50.0 Å². The number of nitrogen functional groups attached to an aromatic ring is 1. The van der Waals surface area contributed by atoms with Gasteiger partial charge in [-0.2, -0.15) is 0 Å². The first kappa shape index (κ1) is 20.0. The molecule has 1 aromatic carbocycles. The van der Waals surface area contributed by atoms with Crippen LogP contribution in [-0.2, 0) is 10.3 Å². The molecule has 3 aliphatic heterocycles. The summed E-state index contributed by atoms with van der Waals surface area (Å²) < 4.78 is 5.72. The summed E-state index contributed by atoms with van der Waals surface area (Å²) in [5.74, 6) is 0.828. The van der Waals surface area contributed by atoms with Crippen LogP contribution in [-0.4, -0.2) is 57.4 Å². The maximum atomic E-state index is 6.42. The van der Waals surface area contributed by atoms with Crippen LogP contribution in [0.5, 0.6) is 0 Å². The lowest BCUT2D eigenvalue weighted by Crippen LogP contribution is -2.49. The summed E-state index contributed by atoms with van der Waals surface area (Å²) in [6.07, 6.45) is 7.30. The highest BCUT2D eigenvalue weighted by Crippen LogP contribution is 2.37. The fourth-order valence-electron chi connectivity index (χ4n) is 5.11. The van der Waals surface area contributed by atoms with Gasteiger partial charge in [-0.05, 0) is 75.2 Å². The molecule has 0 atom stereocenters. The van der Waals surface area contributed by atoms with Crippen molar-refractivity contribution in [3.05, 3.63) is 23.8 Å². The maximum Gasteiger partial charge on any atom is 0.0603 e. The van der Waals surface area contributed by atoms with Gasteiger partial charge in [0.05, 0.1) is 11.4 Å². The minimum atomic E-state index is 0.0174. The molecule has 0 unspecified atom stereocenters. The molecule has 4 rings (SSSR count). The molecule has 3 saturated heterocycles. The molecule has 1 aromatic rings. The lowest BCUT2D eigenvalue weighted by Gasteiger charge is -2.40. The Morgan fingerprint density at radius 1 is 1.11 bits per heavy atom. The number of nitrogens with one attached hydrogen (secondary N) is 1. The average molecular weight is 387 g/mol. The Kier molecular flexibility index (Phi) is 6.44. The fourth-order valence-corrected chi connectivity index (χ4v) is 5.11. The van der Waals surface area contributed by atoms with E-state index >= 15 is 0 Å². The minimum absolute atomic E-state index is 0.0174. The summed E-state index contributed by atoms with van der Waals surface area (Å²) in [4.78, 5) is 5.08. The molecule has 3 N–H and O–H groups in total. The quantitative estimate of drug-likeness (QED) is 0.736. The Labute approximate surface area is 170 Å². The van der Waals surface area contributed by atoms with Crippen molar-refractivity contribution >= 4 is 11.4 Å². The van der Waals surface area contributed by atoms with Crippen molar-refractivity contribution in [2.75, 3.05) is 63.1 Å². The highest BCUT2D eigenvalue weighted by atomic mass is 16.5. The molecule has 5 heteroatoms. The van der Waals surface area contributed by atoms with E-state index in [4.69, 9.17) is 10.5 Å². The van der Waals surface area contributed by atoms with E-state index in [0.29, 0.717) is 0 Å². The second-order valence-corrected chi connectivity index (χ2v) is 9.11. The third-order valence-electron chi connectivity index (χ3n) is 7.14. The van der Waals surface area contributed by atoms with Crippen LogP contribution in [0.25, 0.3) is 0 Å². The predicted molar refractivity (Wildman–Crippen MR) is 117 cm³/mol. The Balaban J connectivity index is 1.51. The summed E-state index contributed by atoms with van der Waals surface area (Å²) in [7, 11) is 0. The first-order valence-electron chi connectivity index (χ1n) is 11.4. The predicted octanol–water partition coefficient (Wildman–Crippen LogP) is 3.20. The number of hydrogen-bond acceptors (Lipinski definition) is 5. The van der Waals surface area contributed by atoms with E-state index in [0.717, 1.165) is 63.8 Å². The second-order valence-electron chi connectivity index (χ2n) is 9.11. The molecule has 0 saturated carbocycles. The van der Waals surface area contributed by atoms with Crippen LogP contribution in [0.15, 0.2) is 18.2 Å². The summed E-state index contributed by atoms with van der Waals surface area (Å²) in [6, 6.07) is 6.75. The highest BCUT2D eigenvalue weighted by molar-refractivity contribution is 5.69. The van der Waals surface area contributed by atoms with Gasteiger partial charge in [-0.15, -0.1) is 0 Å². The fraction of sp³-hybridized carbons (Fsp3) is 0.739. The van der Waals surface area contributed by atoms with Crippen molar-refractivity contribution in [1.29, 1.82) is 0 Å². The van der Waals surface area contributed by atoms with Crippen LogP contribution in [0.4, 0.5) is 11.4 Å². The molecule has 0 spiro atoms. The van der Waals surface area contributed by atoms with Crippen LogP contribution in [0.1, 0.15) is 51.0 Å². The van der Waals surface area contributed by atoms with E-state index in [2.05, 4.69) is 40.2 Å². The van der Waals surface area contributed by atoms with Gasteiger partial charge in [-0.25, -0.2) is 0 Å². The van der Waals surface area contributed by atoms with E-state index in [9.17, 15) is 0 Å². The van der Waals surface area contributed by atoms with Gasteiger partial charge in [-0.1, -0.05) is 13.0 Å². The van der Waals surface area contributed by atoms with Crippen molar-refractivity contribution in [1.82, 2.24) is 10.2 Å². The third-order valence-corrected chi connectivity index (χ3v) is 7.14. The zero-order valence-corrected chi connectivity index (χ0v) is 17.6. The van der Waals surface area contributed by atoms with Gasteiger partial charge in [0, 0.05) is 44.9 Å². The van der Waals surface area contributed by atoms with Gasteiger partial charge < -0.3 is 25.6 Å². The Morgan fingerprint density at radius 2 is 1.82 bits per heavy atom. The molecule has 0 aliphatic carbocycles. The zero-order valence-electron chi connectivity index (χ0n) is 17.6. The van der Waals surface area contributed by atoms with Crippen LogP contribution < -0.4 is 16.0 Å². The van der Waals surface area contributed by atoms with Crippen LogP contribution >= 0.6 is 0 Å². The van der Waals surface area contributed by atoms with Crippen molar-refractivity contribution in [2.45, 2.75) is 51.0 Å². The van der Waals surface area contributed by atoms with Crippen molar-refractivity contribution in [3.8, 4) is 0 Å². The number of anilines is 2.